The van der Waals surface area contributed by atoms with Crippen molar-refractivity contribution in [3.63, 3.8) is 0 Å². The van der Waals surface area contributed by atoms with Gasteiger partial charge < -0.3 is 10.6 Å². The maximum absolute atomic E-state index is 11.9. The van der Waals surface area contributed by atoms with E-state index in [1.165, 1.54) is 0 Å². The zero-order valence-electron chi connectivity index (χ0n) is 11.8. The number of aromatic nitrogens is 2. The van der Waals surface area contributed by atoms with Gasteiger partial charge in [0.25, 0.3) is 5.91 Å². The van der Waals surface area contributed by atoms with Crippen molar-refractivity contribution in [2.45, 2.75) is 19.9 Å². The summed E-state index contributed by atoms with van der Waals surface area (Å²) in [6.07, 6.45) is 1.57. The minimum absolute atomic E-state index is 0.136. The van der Waals surface area contributed by atoms with E-state index in [1.807, 2.05) is 30.3 Å². The molecule has 2 rings (SSSR count). The molecule has 1 heterocycles. The molecule has 0 aliphatic rings. The smallest absolute Gasteiger partial charge is 0.269 e. The van der Waals surface area contributed by atoms with Crippen LogP contribution in [-0.4, -0.2) is 28.7 Å². The van der Waals surface area contributed by atoms with Crippen LogP contribution in [-0.2, 0) is 0 Å². The van der Waals surface area contributed by atoms with Crippen LogP contribution in [0.2, 0.25) is 0 Å². The Hall–Kier alpha value is -2.30. The van der Waals surface area contributed by atoms with E-state index in [0.29, 0.717) is 18.2 Å². The van der Waals surface area contributed by atoms with E-state index in [4.69, 9.17) is 0 Å². The highest BCUT2D eigenvalue weighted by atomic mass is 16.1. The number of hydrogen-bond acceptors (Lipinski definition) is 3. The number of amides is 1. The van der Waals surface area contributed by atoms with Crippen molar-refractivity contribution >= 4 is 11.6 Å². The summed E-state index contributed by atoms with van der Waals surface area (Å²) in [6.45, 7) is 4.82. The standard InChI is InChI=1S/C15H20N4O/c1-11(2)14(18-12-6-4-3-5-7-12)10-16-15(20)13-8-9-17-19-13/h3-9,11,14,18H,10H2,1-2H3,(H,16,20)(H,17,19)/t14-/m0/s1. The van der Waals surface area contributed by atoms with E-state index in [2.05, 4.69) is 34.7 Å². The number of anilines is 1. The molecular formula is C15H20N4O. The fraction of sp³-hybridized carbons (Fsp3) is 0.333. The van der Waals surface area contributed by atoms with E-state index >= 15 is 0 Å². The van der Waals surface area contributed by atoms with Gasteiger partial charge in [-0.25, -0.2) is 0 Å². The first-order chi connectivity index (χ1) is 9.66. The average Bonchev–Trinajstić information content (AvgIpc) is 2.98. The van der Waals surface area contributed by atoms with Crippen LogP contribution in [0.15, 0.2) is 42.6 Å². The Balaban J connectivity index is 1.91. The SMILES string of the molecule is CC(C)[C@H](CNC(=O)c1ccn[nH]1)Nc1ccccc1. The predicted octanol–water partition coefficient (Wildman–Crippen LogP) is 2.28. The molecule has 1 amide bonds. The summed E-state index contributed by atoms with van der Waals surface area (Å²) in [6, 6.07) is 11.8. The largest absolute Gasteiger partial charge is 0.380 e. The molecule has 20 heavy (non-hydrogen) atoms. The molecule has 5 nitrogen and oxygen atoms in total. The first kappa shape index (κ1) is 14.1. The Morgan fingerprint density at radius 2 is 2.00 bits per heavy atom. The predicted molar refractivity (Wildman–Crippen MR) is 79.6 cm³/mol. The molecule has 0 radical (unpaired) electrons. The molecule has 1 atom stereocenters. The highest BCUT2D eigenvalue weighted by Gasteiger charge is 2.15. The first-order valence-corrected chi connectivity index (χ1v) is 6.76. The molecule has 0 saturated carbocycles. The molecule has 3 N–H and O–H groups in total. The first-order valence-electron chi connectivity index (χ1n) is 6.76. The second kappa shape index (κ2) is 6.75. The lowest BCUT2D eigenvalue weighted by atomic mass is 10.0. The molecule has 2 aromatic rings. The molecule has 1 aromatic heterocycles. The van der Waals surface area contributed by atoms with Crippen molar-refractivity contribution in [2.75, 3.05) is 11.9 Å². The molecule has 1 aromatic carbocycles. The Bertz CT molecular complexity index is 522. The lowest BCUT2D eigenvalue weighted by molar-refractivity contribution is 0.0945. The van der Waals surface area contributed by atoms with Crippen LogP contribution in [0.1, 0.15) is 24.3 Å². The molecule has 0 aliphatic carbocycles. The fourth-order valence-electron chi connectivity index (χ4n) is 1.88. The van der Waals surface area contributed by atoms with Gasteiger partial charge in [-0.15, -0.1) is 0 Å². The van der Waals surface area contributed by atoms with E-state index in [0.717, 1.165) is 5.69 Å². The van der Waals surface area contributed by atoms with Gasteiger partial charge in [0, 0.05) is 24.5 Å². The van der Waals surface area contributed by atoms with Gasteiger partial charge in [-0.2, -0.15) is 5.10 Å². The van der Waals surface area contributed by atoms with Crippen LogP contribution >= 0.6 is 0 Å². The van der Waals surface area contributed by atoms with Crippen LogP contribution in [0.5, 0.6) is 0 Å². The van der Waals surface area contributed by atoms with Gasteiger partial charge in [-0.1, -0.05) is 32.0 Å². The number of carbonyl (C=O) groups is 1. The van der Waals surface area contributed by atoms with Crippen molar-refractivity contribution in [2.24, 2.45) is 5.92 Å². The van der Waals surface area contributed by atoms with Gasteiger partial charge in [0.15, 0.2) is 0 Å². The lowest BCUT2D eigenvalue weighted by Gasteiger charge is -2.23. The summed E-state index contributed by atoms with van der Waals surface area (Å²) in [5.41, 5.74) is 1.54. The molecule has 0 fully saturated rings. The van der Waals surface area contributed by atoms with E-state index < -0.39 is 0 Å². The number of hydrogen-bond donors (Lipinski definition) is 3. The Kier molecular flexibility index (Phi) is 4.76. The summed E-state index contributed by atoms with van der Waals surface area (Å²) in [7, 11) is 0. The van der Waals surface area contributed by atoms with E-state index in [9.17, 15) is 4.79 Å². The van der Waals surface area contributed by atoms with Crippen LogP contribution in [0, 0.1) is 5.92 Å². The number of H-pyrrole nitrogens is 1. The quantitative estimate of drug-likeness (QED) is 0.755. The Labute approximate surface area is 118 Å². The number of nitrogens with one attached hydrogen (secondary N) is 3. The van der Waals surface area contributed by atoms with Crippen LogP contribution in [0.4, 0.5) is 5.69 Å². The second-order valence-electron chi connectivity index (χ2n) is 5.04. The molecular weight excluding hydrogens is 252 g/mol. The summed E-state index contributed by atoms with van der Waals surface area (Å²) in [5.74, 6) is 0.264. The van der Waals surface area contributed by atoms with Crippen LogP contribution in [0.3, 0.4) is 0 Å². The van der Waals surface area contributed by atoms with Crippen molar-refractivity contribution in [1.29, 1.82) is 0 Å². The van der Waals surface area contributed by atoms with Crippen LogP contribution < -0.4 is 10.6 Å². The number of rotatable bonds is 6. The van der Waals surface area contributed by atoms with E-state index in [-0.39, 0.29) is 11.9 Å². The van der Waals surface area contributed by atoms with Gasteiger partial charge >= 0.3 is 0 Å². The second-order valence-corrected chi connectivity index (χ2v) is 5.04. The molecule has 0 aliphatic heterocycles. The molecule has 0 unspecified atom stereocenters. The van der Waals surface area contributed by atoms with Gasteiger partial charge in [0.05, 0.1) is 0 Å². The molecule has 0 bridgehead atoms. The molecule has 0 saturated heterocycles. The maximum atomic E-state index is 11.9. The fourth-order valence-corrected chi connectivity index (χ4v) is 1.88. The average molecular weight is 272 g/mol. The molecule has 0 spiro atoms. The number of benzene rings is 1. The molecule has 5 heteroatoms. The van der Waals surface area contributed by atoms with Gasteiger partial charge in [-0.05, 0) is 24.1 Å². The Morgan fingerprint density at radius 3 is 2.60 bits per heavy atom. The van der Waals surface area contributed by atoms with E-state index in [1.54, 1.807) is 12.3 Å². The number of para-hydroxylation sites is 1. The van der Waals surface area contributed by atoms with Crippen molar-refractivity contribution in [1.82, 2.24) is 15.5 Å². The third-order valence-corrected chi connectivity index (χ3v) is 3.16. The summed E-state index contributed by atoms with van der Waals surface area (Å²) >= 11 is 0. The summed E-state index contributed by atoms with van der Waals surface area (Å²) in [4.78, 5) is 11.9. The highest BCUT2D eigenvalue weighted by Crippen LogP contribution is 2.11. The topological polar surface area (TPSA) is 69.8 Å². The van der Waals surface area contributed by atoms with Gasteiger partial charge in [0.1, 0.15) is 5.69 Å². The third kappa shape index (κ3) is 3.85. The maximum Gasteiger partial charge on any atom is 0.269 e. The number of nitrogens with zero attached hydrogens (tertiary/aromatic N) is 1. The zero-order valence-corrected chi connectivity index (χ0v) is 11.8. The lowest BCUT2D eigenvalue weighted by Crippen LogP contribution is -2.39. The minimum Gasteiger partial charge on any atom is -0.380 e. The van der Waals surface area contributed by atoms with Gasteiger partial charge in [0.2, 0.25) is 0 Å². The third-order valence-electron chi connectivity index (χ3n) is 3.16. The zero-order chi connectivity index (χ0) is 14.4. The van der Waals surface area contributed by atoms with Crippen molar-refractivity contribution in [3.8, 4) is 0 Å². The number of carbonyl (C=O) groups excluding carboxylic acids is 1. The highest BCUT2D eigenvalue weighted by molar-refractivity contribution is 5.92. The van der Waals surface area contributed by atoms with Gasteiger partial charge in [-0.3, -0.25) is 9.89 Å². The van der Waals surface area contributed by atoms with Crippen molar-refractivity contribution in [3.05, 3.63) is 48.3 Å². The van der Waals surface area contributed by atoms with Crippen LogP contribution in [0.25, 0.3) is 0 Å². The van der Waals surface area contributed by atoms with Crippen molar-refractivity contribution < 1.29 is 4.79 Å². The summed E-state index contributed by atoms with van der Waals surface area (Å²) in [5, 5.41) is 12.8. The summed E-state index contributed by atoms with van der Waals surface area (Å²) < 4.78 is 0. The Morgan fingerprint density at radius 1 is 1.25 bits per heavy atom. The molecule has 106 valence electrons. The minimum atomic E-state index is -0.136. The monoisotopic (exact) mass is 272 g/mol. The normalized spacial score (nSPS) is 12.2. The number of aromatic amines is 1.